The lowest BCUT2D eigenvalue weighted by Gasteiger charge is -2.31. The fraction of sp³-hybridized carbons (Fsp3) is 0.348. The van der Waals surface area contributed by atoms with Crippen LogP contribution in [0.25, 0.3) is 0 Å². The number of nitrogens with one attached hydrogen (secondary N) is 2. The van der Waals surface area contributed by atoms with Gasteiger partial charge in [0.25, 0.3) is 5.91 Å². The van der Waals surface area contributed by atoms with Crippen molar-refractivity contribution in [2.24, 2.45) is 5.73 Å². The molecule has 0 spiro atoms. The Labute approximate surface area is 202 Å². The lowest BCUT2D eigenvalue weighted by atomic mass is 10.1. The molecule has 182 valence electrons. The fourth-order valence-corrected chi connectivity index (χ4v) is 4.00. The van der Waals surface area contributed by atoms with Gasteiger partial charge in [-0.15, -0.1) is 0 Å². The Morgan fingerprint density at radius 2 is 1.97 bits per heavy atom. The molecule has 0 radical (unpaired) electrons. The molecule has 0 unspecified atom stereocenters. The molecule has 3 aromatic rings. The Morgan fingerprint density at radius 3 is 2.66 bits per heavy atom. The molecule has 12 heteroatoms. The predicted molar refractivity (Wildman–Crippen MR) is 131 cm³/mol. The van der Waals surface area contributed by atoms with Gasteiger partial charge >= 0.3 is 0 Å². The van der Waals surface area contributed by atoms with E-state index in [1.807, 2.05) is 24.7 Å². The third kappa shape index (κ3) is 5.26. The van der Waals surface area contributed by atoms with E-state index in [1.165, 1.54) is 18.6 Å². The smallest absolute Gasteiger partial charge is 0.254 e. The number of aromatic nitrogens is 6. The number of nitrogens with two attached hydrogens (primary N) is 1. The molecule has 2 amide bonds. The molecule has 0 saturated carbocycles. The first-order valence-corrected chi connectivity index (χ1v) is 11.4. The average molecular weight is 477 g/mol. The Balaban J connectivity index is 1.51. The minimum absolute atomic E-state index is 0.0458. The number of hydrogen-bond acceptors (Lipinski definition) is 9. The molecule has 3 aromatic heterocycles. The van der Waals surface area contributed by atoms with Gasteiger partial charge in [0.15, 0.2) is 0 Å². The van der Waals surface area contributed by atoms with Crippen LogP contribution in [-0.4, -0.2) is 59.5 Å². The van der Waals surface area contributed by atoms with Crippen LogP contribution < -0.4 is 16.4 Å². The van der Waals surface area contributed by atoms with E-state index in [2.05, 4.69) is 42.2 Å². The predicted octanol–water partition coefficient (Wildman–Crippen LogP) is 2.27. The summed E-state index contributed by atoms with van der Waals surface area (Å²) in [4.78, 5) is 42.8. The highest BCUT2D eigenvalue weighted by atomic mass is 16.2. The third-order valence-electron chi connectivity index (χ3n) is 5.93. The zero-order valence-electron chi connectivity index (χ0n) is 19.7. The fourth-order valence-electron chi connectivity index (χ4n) is 4.00. The molecular formula is C23H28N10O2. The van der Waals surface area contributed by atoms with Gasteiger partial charge < -0.3 is 21.3 Å². The van der Waals surface area contributed by atoms with E-state index in [0.717, 1.165) is 24.2 Å². The molecule has 0 atom stereocenters. The molecule has 35 heavy (non-hydrogen) atoms. The average Bonchev–Trinajstić information content (AvgIpc) is 3.33. The number of amides is 2. The Bertz CT molecular complexity index is 1250. The van der Waals surface area contributed by atoms with Gasteiger partial charge in [0.2, 0.25) is 11.9 Å². The van der Waals surface area contributed by atoms with Crippen molar-refractivity contribution in [3.63, 3.8) is 0 Å². The Hall–Kier alpha value is -4.35. The molecular weight excluding hydrogens is 448 g/mol. The number of primary amides is 1. The van der Waals surface area contributed by atoms with Gasteiger partial charge in [-0.2, -0.15) is 10.1 Å². The number of likely N-dealkylation sites (tertiary alicyclic amines) is 1. The van der Waals surface area contributed by atoms with Crippen LogP contribution >= 0.6 is 0 Å². The van der Waals surface area contributed by atoms with E-state index in [4.69, 9.17) is 5.73 Å². The van der Waals surface area contributed by atoms with Crippen LogP contribution in [0.4, 0.5) is 23.1 Å². The third-order valence-corrected chi connectivity index (χ3v) is 5.93. The molecule has 1 aliphatic heterocycles. The van der Waals surface area contributed by atoms with Gasteiger partial charge in [0.05, 0.1) is 35.0 Å². The van der Waals surface area contributed by atoms with Gasteiger partial charge in [0, 0.05) is 25.5 Å². The second-order valence-electron chi connectivity index (χ2n) is 8.17. The number of hydrogen-bond donors (Lipinski definition) is 3. The van der Waals surface area contributed by atoms with Gasteiger partial charge in [-0.3, -0.25) is 14.3 Å². The van der Waals surface area contributed by atoms with Crippen molar-refractivity contribution in [3.8, 4) is 0 Å². The highest BCUT2D eigenvalue weighted by Gasteiger charge is 2.23. The van der Waals surface area contributed by atoms with E-state index >= 15 is 0 Å². The van der Waals surface area contributed by atoms with E-state index in [-0.39, 0.29) is 29.3 Å². The van der Waals surface area contributed by atoms with E-state index in [9.17, 15) is 9.59 Å². The maximum absolute atomic E-state index is 12.0. The molecule has 12 nitrogen and oxygen atoms in total. The Kier molecular flexibility index (Phi) is 6.99. The molecule has 4 N–H and O–H groups in total. The summed E-state index contributed by atoms with van der Waals surface area (Å²) in [5.41, 5.74) is 8.59. The van der Waals surface area contributed by atoms with Gasteiger partial charge in [-0.05, 0) is 32.3 Å². The van der Waals surface area contributed by atoms with Gasteiger partial charge in [0.1, 0.15) is 17.7 Å². The summed E-state index contributed by atoms with van der Waals surface area (Å²) in [7, 11) is 0. The lowest BCUT2D eigenvalue weighted by molar-refractivity contribution is -0.127. The summed E-state index contributed by atoms with van der Waals surface area (Å²) < 4.78 is 1.88. The van der Waals surface area contributed by atoms with Crippen LogP contribution in [0.1, 0.15) is 47.6 Å². The lowest BCUT2D eigenvalue weighted by Crippen LogP contribution is -2.38. The van der Waals surface area contributed by atoms with E-state index < -0.39 is 5.91 Å². The molecule has 1 fully saturated rings. The summed E-state index contributed by atoms with van der Waals surface area (Å²) in [5.74, 6) is -0.165. The first-order valence-electron chi connectivity index (χ1n) is 11.4. The van der Waals surface area contributed by atoms with Crippen molar-refractivity contribution >= 4 is 35.0 Å². The van der Waals surface area contributed by atoms with Crippen LogP contribution in [0.3, 0.4) is 0 Å². The number of anilines is 4. The Morgan fingerprint density at radius 1 is 1.20 bits per heavy atom. The monoisotopic (exact) mass is 476 g/mol. The van der Waals surface area contributed by atoms with E-state index in [1.54, 1.807) is 11.1 Å². The molecule has 0 bridgehead atoms. The summed E-state index contributed by atoms with van der Waals surface area (Å²) >= 11 is 0. The topological polar surface area (TPSA) is 157 Å². The largest absolute Gasteiger partial charge is 0.365 e. The number of aryl methyl sites for hydroxylation is 2. The zero-order chi connectivity index (χ0) is 24.9. The SMILES string of the molecule is C=CC(=O)N1CCC(n2cc(Nc3ncc(C(N)=O)c(Nc4c(C)ncnc4CC)n3)cn2)CC1. The van der Waals surface area contributed by atoms with Gasteiger partial charge in [-0.1, -0.05) is 13.5 Å². The van der Waals surface area contributed by atoms with Crippen molar-refractivity contribution in [2.75, 3.05) is 23.7 Å². The standard InChI is InChI=1S/C23H28N10O2/c1-4-18-20(14(3)26-13-27-18)30-22-17(21(24)35)11-25-23(31-22)29-15-10-28-33(12-15)16-6-8-32(9-7-16)19(34)5-2/h5,10-13,16H,2,4,6-9H2,1,3H3,(H2,24,35)(H2,25,29,30,31). The molecule has 4 heterocycles. The van der Waals surface area contributed by atoms with Crippen LogP contribution in [0.15, 0.2) is 37.6 Å². The van der Waals surface area contributed by atoms with Crippen LogP contribution in [0.5, 0.6) is 0 Å². The minimum atomic E-state index is -0.652. The van der Waals surface area contributed by atoms with Crippen LogP contribution in [0, 0.1) is 6.92 Å². The molecule has 0 aliphatic carbocycles. The minimum Gasteiger partial charge on any atom is -0.365 e. The normalized spacial score (nSPS) is 13.9. The molecule has 4 rings (SSSR count). The second kappa shape index (κ2) is 10.3. The maximum atomic E-state index is 12.0. The maximum Gasteiger partial charge on any atom is 0.254 e. The zero-order valence-corrected chi connectivity index (χ0v) is 19.7. The molecule has 1 saturated heterocycles. The van der Waals surface area contributed by atoms with Crippen LogP contribution in [0.2, 0.25) is 0 Å². The van der Waals surface area contributed by atoms with E-state index in [0.29, 0.717) is 30.9 Å². The summed E-state index contributed by atoms with van der Waals surface area (Å²) in [5, 5.41) is 10.8. The van der Waals surface area contributed by atoms with Gasteiger partial charge in [-0.25, -0.2) is 15.0 Å². The number of carbonyl (C=O) groups is 2. The quantitative estimate of drug-likeness (QED) is 0.415. The van der Waals surface area contributed by atoms with Crippen molar-refractivity contribution < 1.29 is 9.59 Å². The highest BCUT2D eigenvalue weighted by Crippen LogP contribution is 2.26. The summed E-state index contributed by atoms with van der Waals surface area (Å²) in [6.45, 7) is 8.69. The first-order chi connectivity index (χ1) is 16.9. The number of nitrogens with zero attached hydrogens (tertiary/aromatic N) is 7. The summed E-state index contributed by atoms with van der Waals surface area (Å²) in [6, 6.07) is 0.184. The first kappa shape index (κ1) is 23.8. The van der Waals surface area contributed by atoms with Crippen molar-refractivity contribution in [1.82, 2.24) is 34.6 Å². The van der Waals surface area contributed by atoms with Crippen molar-refractivity contribution in [2.45, 2.75) is 39.2 Å². The highest BCUT2D eigenvalue weighted by molar-refractivity contribution is 5.98. The molecule has 1 aliphatic rings. The van der Waals surface area contributed by atoms with Crippen molar-refractivity contribution in [1.29, 1.82) is 0 Å². The summed E-state index contributed by atoms with van der Waals surface area (Å²) in [6.07, 6.45) is 10.1. The molecule has 0 aromatic carbocycles. The van der Waals surface area contributed by atoms with Crippen LogP contribution in [-0.2, 0) is 11.2 Å². The van der Waals surface area contributed by atoms with Crippen molar-refractivity contribution in [3.05, 3.63) is 54.5 Å². The number of rotatable bonds is 8. The number of carbonyl (C=O) groups excluding carboxylic acids is 2. The number of piperidine rings is 1. The second-order valence-corrected chi connectivity index (χ2v) is 8.17.